The zero-order valence-corrected chi connectivity index (χ0v) is 14.0. The maximum atomic E-state index is 12.9. The minimum absolute atomic E-state index is 0.0287. The highest BCUT2D eigenvalue weighted by Crippen LogP contribution is 2.25. The molecular weight excluding hydrogens is 320 g/mol. The summed E-state index contributed by atoms with van der Waals surface area (Å²) in [6, 6.07) is 8.62. The Morgan fingerprint density at radius 1 is 1.40 bits per heavy atom. The molecule has 7 nitrogen and oxygen atoms in total. The number of aromatic nitrogens is 1. The molecule has 1 saturated heterocycles. The molecule has 1 aromatic carbocycles. The van der Waals surface area contributed by atoms with Gasteiger partial charge in [0.2, 0.25) is 5.91 Å². The number of nitro groups is 1. The minimum atomic E-state index is -0.410. The van der Waals surface area contributed by atoms with Crippen LogP contribution in [0.4, 0.5) is 5.69 Å². The molecule has 0 spiro atoms. The first-order valence-corrected chi connectivity index (χ1v) is 8.21. The highest BCUT2D eigenvalue weighted by Gasteiger charge is 2.28. The van der Waals surface area contributed by atoms with E-state index in [2.05, 4.69) is 10.3 Å². The van der Waals surface area contributed by atoms with Gasteiger partial charge in [-0.3, -0.25) is 19.9 Å². The van der Waals surface area contributed by atoms with E-state index in [0.29, 0.717) is 24.2 Å². The van der Waals surface area contributed by atoms with Crippen molar-refractivity contribution in [2.75, 3.05) is 19.6 Å². The molecule has 1 atom stereocenters. The third kappa shape index (κ3) is 3.66. The first kappa shape index (κ1) is 17.0. The topological polar surface area (TPSA) is 88.4 Å². The number of hydrogen-bond acceptors (Lipinski definition) is 5. The molecular formula is C18H20N4O3. The number of pyridine rings is 1. The molecule has 0 aliphatic carbocycles. The SMILES string of the molecule is Cc1c(CC(=O)N2CCNCC2c2cccnc2)cccc1[N+](=O)[O-]. The van der Waals surface area contributed by atoms with E-state index in [1.807, 2.05) is 17.0 Å². The van der Waals surface area contributed by atoms with E-state index in [1.54, 1.807) is 31.5 Å². The van der Waals surface area contributed by atoms with Crippen LogP contribution in [0.15, 0.2) is 42.7 Å². The summed E-state index contributed by atoms with van der Waals surface area (Å²) in [5.41, 5.74) is 2.28. The summed E-state index contributed by atoms with van der Waals surface area (Å²) in [5, 5.41) is 14.4. The van der Waals surface area contributed by atoms with Crippen molar-refractivity contribution < 1.29 is 9.72 Å². The second-order valence-electron chi connectivity index (χ2n) is 6.09. The van der Waals surface area contributed by atoms with E-state index >= 15 is 0 Å². The minimum Gasteiger partial charge on any atom is -0.333 e. The number of hydrogen-bond donors (Lipinski definition) is 1. The Morgan fingerprint density at radius 3 is 2.96 bits per heavy atom. The molecule has 2 aromatic rings. The lowest BCUT2D eigenvalue weighted by atomic mass is 10.0. The second kappa shape index (κ2) is 7.40. The van der Waals surface area contributed by atoms with Gasteiger partial charge in [-0.25, -0.2) is 0 Å². The molecule has 130 valence electrons. The Balaban J connectivity index is 1.82. The second-order valence-corrected chi connectivity index (χ2v) is 6.09. The quantitative estimate of drug-likeness (QED) is 0.679. The zero-order chi connectivity index (χ0) is 17.8. The van der Waals surface area contributed by atoms with Gasteiger partial charge in [0.25, 0.3) is 5.69 Å². The van der Waals surface area contributed by atoms with Crippen molar-refractivity contribution in [3.8, 4) is 0 Å². The lowest BCUT2D eigenvalue weighted by molar-refractivity contribution is -0.385. The van der Waals surface area contributed by atoms with E-state index in [1.165, 1.54) is 6.07 Å². The molecule has 1 aliphatic rings. The van der Waals surface area contributed by atoms with Crippen molar-refractivity contribution >= 4 is 11.6 Å². The molecule has 25 heavy (non-hydrogen) atoms. The van der Waals surface area contributed by atoms with Crippen molar-refractivity contribution in [1.29, 1.82) is 0 Å². The summed E-state index contributed by atoms with van der Waals surface area (Å²) in [4.78, 5) is 29.6. The van der Waals surface area contributed by atoms with Crippen LogP contribution in [0.3, 0.4) is 0 Å². The van der Waals surface area contributed by atoms with E-state index in [0.717, 1.165) is 12.1 Å². The van der Waals surface area contributed by atoms with Gasteiger partial charge < -0.3 is 10.2 Å². The van der Waals surface area contributed by atoms with Gasteiger partial charge in [0.1, 0.15) is 0 Å². The highest BCUT2D eigenvalue weighted by molar-refractivity contribution is 5.80. The molecule has 2 heterocycles. The van der Waals surface area contributed by atoms with Gasteiger partial charge in [0.05, 0.1) is 17.4 Å². The van der Waals surface area contributed by atoms with Gasteiger partial charge in [0.15, 0.2) is 0 Å². The monoisotopic (exact) mass is 340 g/mol. The van der Waals surface area contributed by atoms with Crippen molar-refractivity contribution in [3.63, 3.8) is 0 Å². The number of nitrogens with one attached hydrogen (secondary N) is 1. The van der Waals surface area contributed by atoms with Crippen LogP contribution in [0.25, 0.3) is 0 Å². The van der Waals surface area contributed by atoms with Crippen LogP contribution in [-0.4, -0.2) is 40.3 Å². The lowest BCUT2D eigenvalue weighted by Gasteiger charge is -2.36. The Kier molecular flexibility index (Phi) is 5.04. The normalized spacial score (nSPS) is 17.3. The standard InChI is InChI=1S/C18H20N4O3/c1-13-14(4-2-6-16(13)22(24)25)10-18(23)21-9-8-20-12-17(21)15-5-3-7-19-11-15/h2-7,11,17,20H,8-10,12H2,1H3. The van der Waals surface area contributed by atoms with Gasteiger partial charge in [0, 0.05) is 43.7 Å². The Morgan fingerprint density at radius 2 is 2.24 bits per heavy atom. The van der Waals surface area contributed by atoms with Gasteiger partial charge >= 0.3 is 0 Å². The molecule has 1 N–H and O–H groups in total. The number of nitrogens with zero attached hydrogens (tertiary/aromatic N) is 3. The molecule has 0 bridgehead atoms. The van der Waals surface area contributed by atoms with Crippen LogP contribution in [0.1, 0.15) is 22.7 Å². The number of piperazine rings is 1. The third-order valence-corrected chi connectivity index (χ3v) is 4.59. The predicted molar refractivity (Wildman–Crippen MR) is 93.1 cm³/mol. The summed E-state index contributed by atoms with van der Waals surface area (Å²) in [5.74, 6) is -0.0287. The summed E-state index contributed by atoms with van der Waals surface area (Å²) < 4.78 is 0. The summed E-state index contributed by atoms with van der Waals surface area (Å²) in [7, 11) is 0. The lowest BCUT2D eigenvalue weighted by Crippen LogP contribution is -2.49. The molecule has 1 fully saturated rings. The number of nitro benzene ring substituents is 1. The molecule has 1 unspecified atom stereocenters. The van der Waals surface area contributed by atoms with Gasteiger partial charge in [-0.15, -0.1) is 0 Å². The number of rotatable bonds is 4. The van der Waals surface area contributed by atoms with E-state index < -0.39 is 4.92 Å². The van der Waals surface area contributed by atoms with Crippen molar-refractivity contribution in [2.24, 2.45) is 0 Å². The van der Waals surface area contributed by atoms with Crippen molar-refractivity contribution in [1.82, 2.24) is 15.2 Å². The summed E-state index contributed by atoms with van der Waals surface area (Å²) >= 11 is 0. The van der Waals surface area contributed by atoms with Crippen molar-refractivity contribution in [3.05, 3.63) is 69.5 Å². The fourth-order valence-electron chi connectivity index (χ4n) is 3.20. The highest BCUT2D eigenvalue weighted by atomic mass is 16.6. The van der Waals surface area contributed by atoms with Crippen LogP contribution in [0, 0.1) is 17.0 Å². The van der Waals surface area contributed by atoms with Crippen LogP contribution in [-0.2, 0) is 11.2 Å². The first-order chi connectivity index (χ1) is 12.1. The number of carbonyl (C=O) groups excluding carboxylic acids is 1. The molecule has 0 radical (unpaired) electrons. The van der Waals surface area contributed by atoms with Gasteiger partial charge in [-0.2, -0.15) is 0 Å². The molecule has 1 aliphatic heterocycles. The molecule has 1 aromatic heterocycles. The van der Waals surface area contributed by atoms with Crippen molar-refractivity contribution in [2.45, 2.75) is 19.4 Å². The molecule has 0 saturated carbocycles. The average Bonchev–Trinajstić information content (AvgIpc) is 2.64. The van der Waals surface area contributed by atoms with Crippen LogP contribution in [0.2, 0.25) is 0 Å². The fraction of sp³-hybridized carbons (Fsp3) is 0.333. The maximum Gasteiger partial charge on any atom is 0.272 e. The van der Waals surface area contributed by atoms with Crippen LogP contribution < -0.4 is 5.32 Å². The van der Waals surface area contributed by atoms with E-state index in [-0.39, 0.29) is 24.1 Å². The van der Waals surface area contributed by atoms with Gasteiger partial charge in [-0.1, -0.05) is 18.2 Å². The van der Waals surface area contributed by atoms with Crippen LogP contribution >= 0.6 is 0 Å². The summed E-state index contributed by atoms with van der Waals surface area (Å²) in [6.45, 7) is 3.70. The maximum absolute atomic E-state index is 12.9. The molecule has 3 rings (SSSR count). The van der Waals surface area contributed by atoms with E-state index in [9.17, 15) is 14.9 Å². The predicted octanol–water partition coefficient (Wildman–Crippen LogP) is 2.01. The van der Waals surface area contributed by atoms with Gasteiger partial charge in [-0.05, 0) is 24.1 Å². The first-order valence-electron chi connectivity index (χ1n) is 8.21. The zero-order valence-electron chi connectivity index (χ0n) is 14.0. The largest absolute Gasteiger partial charge is 0.333 e. The third-order valence-electron chi connectivity index (χ3n) is 4.59. The Hall–Kier alpha value is -2.80. The number of amides is 1. The number of carbonyl (C=O) groups is 1. The number of benzene rings is 1. The Bertz CT molecular complexity index is 779. The molecule has 1 amide bonds. The summed E-state index contributed by atoms with van der Waals surface area (Å²) in [6.07, 6.45) is 3.64. The smallest absolute Gasteiger partial charge is 0.272 e. The van der Waals surface area contributed by atoms with Crippen LogP contribution in [0.5, 0.6) is 0 Å². The fourth-order valence-corrected chi connectivity index (χ4v) is 3.20. The van der Waals surface area contributed by atoms with E-state index in [4.69, 9.17) is 0 Å². The average molecular weight is 340 g/mol. The Labute approximate surface area is 145 Å². The molecule has 7 heteroatoms.